The molecule has 0 saturated heterocycles. The van der Waals surface area contributed by atoms with E-state index in [1.165, 1.54) is 7.11 Å². The molecule has 0 fully saturated rings. The number of phenols is 1. The summed E-state index contributed by atoms with van der Waals surface area (Å²) in [7, 11) is 1.53. The number of nitrogens with two attached hydrogens (primary N) is 1. The van der Waals surface area contributed by atoms with Crippen LogP contribution in [-0.4, -0.2) is 18.8 Å². The van der Waals surface area contributed by atoms with Crippen LogP contribution in [0.5, 0.6) is 11.5 Å². The van der Waals surface area contributed by atoms with E-state index in [0.717, 1.165) is 10.0 Å². The molecule has 0 amide bonds. The Balaban J connectivity index is 3.18. The summed E-state index contributed by atoms with van der Waals surface area (Å²) in [6.07, 6.45) is 0.679. The van der Waals surface area contributed by atoms with E-state index in [1.807, 2.05) is 0 Å². The van der Waals surface area contributed by atoms with Gasteiger partial charge in [0.1, 0.15) is 0 Å². The molecule has 0 bridgehead atoms. The first-order valence-electron chi connectivity index (χ1n) is 3.95. The molecule has 1 rings (SSSR count). The lowest BCUT2D eigenvalue weighted by Gasteiger charge is -2.10. The Morgan fingerprint density at radius 2 is 2.23 bits per heavy atom. The van der Waals surface area contributed by atoms with Gasteiger partial charge in [0.05, 0.1) is 7.11 Å². The molecule has 0 aromatic heterocycles. The normalized spacial score (nSPS) is 10.1. The summed E-state index contributed by atoms with van der Waals surface area (Å²) in [5.74, 6) is 0.647. The third-order valence-electron chi connectivity index (χ3n) is 1.78. The van der Waals surface area contributed by atoms with Crippen LogP contribution in [0.2, 0.25) is 0 Å². The number of methoxy groups -OCH3 is 1. The van der Waals surface area contributed by atoms with Gasteiger partial charge in [-0.25, -0.2) is 0 Å². The molecular formula is C9H12BrNO2. The Hall–Kier alpha value is -0.740. The van der Waals surface area contributed by atoms with Crippen LogP contribution in [-0.2, 0) is 6.42 Å². The van der Waals surface area contributed by atoms with Gasteiger partial charge in [0.2, 0.25) is 0 Å². The highest BCUT2D eigenvalue weighted by atomic mass is 79.9. The number of benzene rings is 1. The van der Waals surface area contributed by atoms with Crippen molar-refractivity contribution in [3.8, 4) is 11.5 Å². The molecule has 0 spiro atoms. The van der Waals surface area contributed by atoms with Gasteiger partial charge in [-0.3, -0.25) is 0 Å². The van der Waals surface area contributed by atoms with Gasteiger partial charge in [0.25, 0.3) is 0 Å². The van der Waals surface area contributed by atoms with Crippen LogP contribution >= 0.6 is 15.9 Å². The highest BCUT2D eigenvalue weighted by Crippen LogP contribution is 2.35. The monoisotopic (exact) mass is 245 g/mol. The van der Waals surface area contributed by atoms with Gasteiger partial charge in [-0.1, -0.05) is 15.9 Å². The first-order valence-corrected chi connectivity index (χ1v) is 4.74. The number of ether oxygens (including phenoxy) is 1. The van der Waals surface area contributed by atoms with Crippen molar-refractivity contribution < 1.29 is 9.84 Å². The maximum atomic E-state index is 9.46. The zero-order valence-corrected chi connectivity index (χ0v) is 8.97. The SMILES string of the molecule is COc1c(O)ccc(Br)c1CCN. The highest BCUT2D eigenvalue weighted by molar-refractivity contribution is 9.10. The fraction of sp³-hybridized carbons (Fsp3) is 0.333. The number of rotatable bonds is 3. The highest BCUT2D eigenvalue weighted by Gasteiger charge is 2.10. The Morgan fingerprint density at radius 1 is 1.54 bits per heavy atom. The average molecular weight is 246 g/mol. The van der Waals surface area contributed by atoms with E-state index in [9.17, 15) is 5.11 Å². The van der Waals surface area contributed by atoms with Crippen LogP contribution < -0.4 is 10.5 Å². The van der Waals surface area contributed by atoms with Gasteiger partial charge in [-0.15, -0.1) is 0 Å². The lowest BCUT2D eigenvalue weighted by Crippen LogP contribution is -2.05. The zero-order chi connectivity index (χ0) is 9.84. The maximum Gasteiger partial charge on any atom is 0.164 e. The molecule has 4 heteroatoms. The zero-order valence-electron chi connectivity index (χ0n) is 7.38. The third-order valence-corrected chi connectivity index (χ3v) is 2.52. The lowest BCUT2D eigenvalue weighted by atomic mass is 10.1. The van der Waals surface area contributed by atoms with Crippen molar-refractivity contribution in [2.45, 2.75) is 6.42 Å². The standard InChI is InChI=1S/C9H12BrNO2/c1-13-9-6(4-5-11)7(10)2-3-8(9)12/h2-3,12H,4-5,11H2,1H3. The minimum absolute atomic E-state index is 0.147. The second kappa shape index (κ2) is 4.48. The summed E-state index contributed by atoms with van der Waals surface area (Å²) in [6.45, 7) is 0.526. The summed E-state index contributed by atoms with van der Waals surface area (Å²) >= 11 is 3.38. The van der Waals surface area contributed by atoms with Crippen LogP contribution in [0.4, 0.5) is 0 Å². The van der Waals surface area contributed by atoms with E-state index in [-0.39, 0.29) is 5.75 Å². The van der Waals surface area contributed by atoms with E-state index < -0.39 is 0 Å². The molecule has 0 atom stereocenters. The number of hydrogen-bond acceptors (Lipinski definition) is 3. The summed E-state index contributed by atoms with van der Waals surface area (Å²) < 4.78 is 5.98. The molecule has 0 aliphatic carbocycles. The summed E-state index contributed by atoms with van der Waals surface area (Å²) in [6, 6.07) is 3.37. The molecule has 1 aromatic rings. The molecule has 3 N–H and O–H groups in total. The summed E-state index contributed by atoms with van der Waals surface area (Å²) in [5.41, 5.74) is 6.35. The summed E-state index contributed by atoms with van der Waals surface area (Å²) in [4.78, 5) is 0. The molecule has 13 heavy (non-hydrogen) atoms. The fourth-order valence-corrected chi connectivity index (χ4v) is 1.71. The van der Waals surface area contributed by atoms with Gasteiger partial charge in [0.15, 0.2) is 11.5 Å². The van der Waals surface area contributed by atoms with Gasteiger partial charge < -0.3 is 15.6 Å². The van der Waals surface area contributed by atoms with Crippen molar-refractivity contribution in [1.82, 2.24) is 0 Å². The molecule has 1 aromatic carbocycles. The predicted molar refractivity (Wildman–Crippen MR) is 55.1 cm³/mol. The Morgan fingerprint density at radius 3 is 2.77 bits per heavy atom. The third kappa shape index (κ3) is 2.14. The Kier molecular flexibility index (Phi) is 3.57. The van der Waals surface area contributed by atoms with Gasteiger partial charge in [-0.05, 0) is 25.1 Å². The molecular weight excluding hydrogens is 234 g/mol. The molecule has 0 unspecified atom stereocenters. The quantitative estimate of drug-likeness (QED) is 0.852. The van der Waals surface area contributed by atoms with Gasteiger partial charge in [-0.2, -0.15) is 0 Å². The van der Waals surface area contributed by atoms with E-state index in [4.69, 9.17) is 10.5 Å². The number of phenolic OH excluding ortho intramolecular Hbond substituents is 1. The molecule has 0 aliphatic rings. The second-order valence-electron chi connectivity index (χ2n) is 2.62. The van der Waals surface area contributed by atoms with E-state index in [1.54, 1.807) is 12.1 Å². The molecule has 72 valence electrons. The van der Waals surface area contributed by atoms with Crippen molar-refractivity contribution >= 4 is 15.9 Å². The van der Waals surface area contributed by atoms with Crippen molar-refractivity contribution in [1.29, 1.82) is 0 Å². The molecule has 0 saturated carbocycles. The van der Waals surface area contributed by atoms with Crippen LogP contribution in [0.25, 0.3) is 0 Å². The first kappa shape index (κ1) is 10.3. The number of aromatic hydroxyl groups is 1. The molecule has 0 heterocycles. The van der Waals surface area contributed by atoms with E-state index >= 15 is 0 Å². The van der Waals surface area contributed by atoms with Gasteiger partial charge in [0, 0.05) is 10.0 Å². The van der Waals surface area contributed by atoms with E-state index in [0.29, 0.717) is 18.7 Å². The van der Waals surface area contributed by atoms with Crippen molar-refractivity contribution in [3.05, 3.63) is 22.2 Å². The minimum Gasteiger partial charge on any atom is -0.504 e. The lowest BCUT2D eigenvalue weighted by molar-refractivity contribution is 0.369. The smallest absolute Gasteiger partial charge is 0.164 e. The summed E-state index contributed by atoms with van der Waals surface area (Å²) in [5, 5.41) is 9.46. The van der Waals surface area contributed by atoms with Crippen molar-refractivity contribution in [3.63, 3.8) is 0 Å². The number of hydrogen-bond donors (Lipinski definition) is 2. The average Bonchev–Trinajstić information content (AvgIpc) is 2.12. The first-order chi connectivity index (χ1) is 6.20. The topological polar surface area (TPSA) is 55.5 Å². The van der Waals surface area contributed by atoms with E-state index in [2.05, 4.69) is 15.9 Å². The number of halogens is 1. The fourth-order valence-electron chi connectivity index (χ4n) is 1.20. The van der Waals surface area contributed by atoms with Crippen LogP contribution in [0.3, 0.4) is 0 Å². The second-order valence-corrected chi connectivity index (χ2v) is 3.47. The van der Waals surface area contributed by atoms with Crippen LogP contribution in [0, 0.1) is 0 Å². The minimum atomic E-state index is 0.147. The molecule has 0 radical (unpaired) electrons. The Bertz CT molecular complexity index is 302. The predicted octanol–water partition coefficient (Wildman–Crippen LogP) is 1.66. The van der Waals surface area contributed by atoms with Crippen molar-refractivity contribution in [2.24, 2.45) is 5.73 Å². The Labute approximate surface area is 85.6 Å². The van der Waals surface area contributed by atoms with Crippen LogP contribution in [0.1, 0.15) is 5.56 Å². The van der Waals surface area contributed by atoms with Crippen molar-refractivity contribution in [2.75, 3.05) is 13.7 Å². The van der Waals surface area contributed by atoms with Crippen LogP contribution in [0.15, 0.2) is 16.6 Å². The molecule has 3 nitrogen and oxygen atoms in total. The largest absolute Gasteiger partial charge is 0.504 e. The molecule has 0 aliphatic heterocycles. The van der Waals surface area contributed by atoms with Gasteiger partial charge >= 0.3 is 0 Å². The maximum absolute atomic E-state index is 9.46.